The number of rotatable bonds is 2. The molecule has 3 nitrogen and oxygen atoms in total. The molecule has 1 aliphatic heterocycles. The number of thiazole rings is 1. The summed E-state index contributed by atoms with van der Waals surface area (Å²) in [4.78, 5) is 4.31. The number of aryl methyl sites for hydroxylation is 1. The van der Waals surface area contributed by atoms with Gasteiger partial charge in [-0.05, 0) is 26.3 Å². The van der Waals surface area contributed by atoms with Crippen LogP contribution in [0, 0.1) is 6.92 Å². The zero-order chi connectivity index (χ0) is 9.97. The van der Waals surface area contributed by atoms with Gasteiger partial charge in [-0.15, -0.1) is 11.3 Å². The summed E-state index contributed by atoms with van der Waals surface area (Å²) < 4.78 is 0. The minimum absolute atomic E-state index is 0.199. The molecule has 78 valence electrons. The van der Waals surface area contributed by atoms with E-state index in [2.05, 4.69) is 10.3 Å². The molecular formula is C10H16N2OS. The van der Waals surface area contributed by atoms with Crippen LogP contribution < -0.4 is 5.32 Å². The average molecular weight is 212 g/mol. The summed E-state index contributed by atoms with van der Waals surface area (Å²) in [5, 5.41) is 16.4. The van der Waals surface area contributed by atoms with Gasteiger partial charge in [-0.1, -0.05) is 6.42 Å². The normalized spacial score (nSPS) is 24.9. The Morgan fingerprint density at radius 2 is 2.50 bits per heavy atom. The number of aliphatic hydroxyl groups is 1. The summed E-state index contributed by atoms with van der Waals surface area (Å²) >= 11 is 1.60. The molecule has 2 rings (SSSR count). The van der Waals surface area contributed by atoms with Gasteiger partial charge in [0.05, 0.1) is 10.7 Å². The van der Waals surface area contributed by atoms with Crippen molar-refractivity contribution in [2.45, 2.75) is 38.3 Å². The van der Waals surface area contributed by atoms with Crippen LogP contribution in [0.25, 0.3) is 0 Å². The topological polar surface area (TPSA) is 45.2 Å². The summed E-state index contributed by atoms with van der Waals surface area (Å²) in [6.07, 6.45) is 3.05. The van der Waals surface area contributed by atoms with E-state index >= 15 is 0 Å². The second-order valence-corrected chi connectivity index (χ2v) is 4.85. The Morgan fingerprint density at radius 3 is 3.07 bits per heavy atom. The number of piperidine rings is 1. The highest BCUT2D eigenvalue weighted by atomic mass is 32.1. The maximum atomic E-state index is 10.0. The zero-order valence-corrected chi connectivity index (χ0v) is 9.18. The minimum Gasteiger partial charge on any atom is -0.385 e. The molecule has 1 aliphatic rings. The summed E-state index contributed by atoms with van der Waals surface area (Å²) in [7, 11) is 0. The predicted molar refractivity (Wildman–Crippen MR) is 57.5 cm³/mol. The van der Waals surface area contributed by atoms with Crippen LogP contribution in [-0.2, 0) is 0 Å². The second-order valence-electron chi connectivity index (χ2n) is 3.79. The SMILES string of the molecule is Cc1nc(C(O)C2CCCCN2)cs1. The number of nitrogens with one attached hydrogen (secondary N) is 1. The van der Waals surface area contributed by atoms with Crippen LogP contribution in [0.3, 0.4) is 0 Å². The van der Waals surface area contributed by atoms with E-state index in [1.807, 2.05) is 12.3 Å². The maximum absolute atomic E-state index is 10.0. The summed E-state index contributed by atoms with van der Waals surface area (Å²) in [5.41, 5.74) is 0.826. The quantitative estimate of drug-likeness (QED) is 0.783. The lowest BCUT2D eigenvalue weighted by atomic mass is 9.98. The standard InChI is InChI=1S/C10H16N2OS/c1-7-12-9(6-14-7)10(13)8-4-2-3-5-11-8/h6,8,10-11,13H,2-5H2,1H3. The van der Waals surface area contributed by atoms with Crippen molar-refractivity contribution < 1.29 is 5.11 Å². The van der Waals surface area contributed by atoms with Crippen LogP contribution in [0.1, 0.15) is 36.1 Å². The molecule has 0 aliphatic carbocycles. The molecule has 2 unspecified atom stereocenters. The van der Waals surface area contributed by atoms with Gasteiger partial charge in [-0.3, -0.25) is 0 Å². The fraction of sp³-hybridized carbons (Fsp3) is 0.700. The predicted octanol–water partition coefficient (Wildman–Crippen LogP) is 1.63. The van der Waals surface area contributed by atoms with Crippen LogP contribution >= 0.6 is 11.3 Å². The van der Waals surface area contributed by atoms with Gasteiger partial charge in [0.1, 0.15) is 6.10 Å². The summed E-state index contributed by atoms with van der Waals surface area (Å²) in [6.45, 7) is 2.99. The smallest absolute Gasteiger partial charge is 0.112 e. The summed E-state index contributed by atoms with van der Waals surface area (Å²) in [6, 6.07) is 0.199. The van der Waals surface area contributed by atoms with E-state index in [0.717, 1.165) is 23.7 Å². The molecule has 0 spiro atoms. The molecule has 2 heterocycles. The number of nitrogens with zero attached hydrogens (tertiary/aromatic N) is 1. The molecular weight excluding hydrogens is 196 g/mol. The maximum Gasteiger partial charge on any atom is 0.112 e. The highest BCUT2D eigenvalue weighted by Crippen LogP contribution is 2.23. The van der Waals surface area contributed by atoms with Crippen LogP contribution in [0.5, 0.6) is 0 Å². The highest BCUT2D eigenvalue weighted by molar-refractivity contribution is 7.09. The van der Waals surface area contributed by atoms with E-state index in [1.54, 1.807) is 11.3 Å². The zero-order valence-electron chi connectivity index (χ0n) is 8.36. The van der Waals surface area contributed by atoms with Gasteiger partial charge in [0, 0.05) is 11.4 Å². The van der Waals surface area contributed by atoms with E-state index in [-0.39, 0.29) is 6.04 Å². The Morgan fingerprint density at radius 1 is 1.64 bits per heavy atom. The molecule has 0 bridgehead atoms. The van der Waals surface area contributed by atoms with Gasteiger partial charge in [0.25, 0.3) is 0 Å². The Bertz CT molecular complexity index is 294. The minimum atomic E-state index is -0.430. The lowest BCUT2D eigenvalue weighted by Crippen LogP contribution is -2.38. The first kappa shape index (κ1) is 10.1. The van der Waals surface area contributed by atoms with E-state index in [9.17, 15) is 5.11 Å². The summed E-state index contributed by atoms with van der Waals surface area (Å²) in [5.74, 6) is 0. The first-order chi connectivity index (χ1) is 6.77. The molecule has 14 heavy (non-hydrogen) atoms. The van der Waals surface area contributed by atoms with Crippen molar-refractivity contribution >= 4 is 11.3 Å². The molecule has 1 fully saturated rings. The fourth-order valence-electron chi connectivity index (χ4n) is 1.87. The lowest BCUT2D eigenvalue weighted by Gasteiger charge is -2.26. The van der Waals surface area contributed by atoms with Gasteiger partial charge < -0.3 is 10.4 Å². The molecule has 2 atom stereocenters. The Kier molecular flexibility index (Phi) is 3.15. The first-order valence-corrected chi connectivity index (χ1v) is 5.99. The third kappa shape index (κ3) is 2.13. The van der Waals surface area contributed by atoms with Crippen molar-refractivity contribution in [3.05, 3.63) is 16.1 Å². The Hall–Kier alpha value is -0.450. The van der Waals surface area contributed by atoms with Gasteiger partial charge in [-0.2, -0.15) is 0 Å². The molecule has 0 radical (unpaired) electrons. The average Bonchev–Trinajstić information content (AvgIpc) is 2.65. The number of hydrogen-bond acceptors (Lipinski definition) is 4. The van der Waals surface area contributed by atoms with Crippen LogP contribution in [0.4, 0.5) is 0 Å². The van der Waals surface area contributed by atoms with Crippen molar-refractivity contribution in [3.8, 4) is 0 Å². The van der Waals surface area contributed by atoms with E-state index in [4.69, 9.17) is 0 Å². The number of hydrogen-bond donors (Lipinski definition) is 2. The van der Waals surface area contributed by atoms with Gasteiger partial charge in [0.15, 0.2) is 0 Å². The second kappa shape index (κ2) is 4.38. The van der Waals surface area contributed by atoms with Crippen molar-refractivity contribution in [1.82, 2.24) is 10.3 Å². The molecule has 1 aromatic rings. The van der Waals surface area contributed by atoms with Crippen molar-refractivity contribution in [3.63, 3.8) is 0 Å². The van der Waals surface area contributed by atoms with Crippen LogP contribution in [0.2, 0.25) is 0 Å². The van der Waals surface area contributed by atoms with Crippen LogP contribution in [0.15, 0.2) is 5.38 Å². The van der Waals surface area contributed by atoms with Gasteiger partial charge >= 0.3 is 0 Å². The van der Waals surface area contributed by atoms with E-state index < -0.39 is 6.10 Å². The molecule has 4 heteroatoms. The Labute approximate surface area is 88.2 Å². The highest BCUT2D eigenvalue weighted by Gasteiger charge is 2.23. The third-order valence-corrected chi connectivity index (χ3v) is 3.46. The first-order valence-electron chi connectivity index (χ1n) is 5.11. The van der Waals surface area contributed by atoms with Crippen molar-refractivity contribution in [2.24, 2.45) is 0 Å². The molecule has 1 saturated heterocycles. The Balaban J connectivity index is 2.03. The molecule has 0 amide bonds. The molecule has 1 aromatic heterocycles. The molecule has 0 saturated carbocycles. The monoisotopic (exact) mass is 212 g/mol. The van der Waals surface area contributed by atoms with Crippen LogP contribution in [-0.4, -0.2) is 22.7 Å². The number of aliphatic hydroxyl groups excluding tert-OH is 1. The third-order valence-electron chi connectivity index (χ3n) is 2.67. The lowest BCUT2D eigenvalue weighted by molar-refractivity contribution is 0.110. The van der Waals surface area contributed by atoms with Gasteiger partial charge in [0.2, 0.25) is 0 Å². The number of aromatic nitrogens is 1. The van der Waals surface area contributed by atoms with E-state index in [0.29, 0.717) is 0 Å². The largest absolute Gasteiger partial charge is 0.385 e. The molecule has 0 aromatic carbocycles. The fourth-order valence-corrected chi connectivity index (χ4v) is 2.51. The van der Waals surface area contributed by atoms with E-state index in [1.165, 1.54) is 12.8 Å². The van der Waals surface area contributed by atoms with Crippen molar-refractivity contribution in [2.75, 3.05) is 6.54 Å². The van der Waals surface area contributed by atoms with Crippen molar-refractivity contribution in [1.29, 1.82) is 0 Å². The van der Waals surface area contributed by atoms with Gasteiger partial charge in [-0.25, -0.2) is 4.98 Å². The molecule has 2 N–H and O–H groups in total.